The van der Waals surface area contributed by atoms with Crippen LogP contribution in [0, 0.1) is 0 Å². The molecule has 0 fully saturated rings. The van der Waals surface area contributed by atoms with Gasteiger partial charge in [-0.25, -0.2) is 0 Å². The SMILES string of the molecule is CC1(CCCOCc2cc(Cl)ccn2)N=N1. The Labute approximate surface area is 99.7 Å². The lowest BCUT2D eigenvalue weighted by Gasteiger charge is -2.05. The minimum atomic E-state index is -0.113. The largest absolute Gasteiger partial charge is 0.375 e. The number of hydrogen-bond donors (Lipinski definition) is 0. The molecule has 0 aromatic carbocycles. The van der Waals surface area contributed by atoms with E-state index in [1.54, 1.807) is 12.3 Å². The quantitative estimate of drug-likeness (QED) is 0.716. The third-order valence-electron chi connectivity index (χ3n) is 2.41. The summed E-state index contributed by atoms with van der Waals surface area (Å²) in [6.45, 7) is 3.23. The molecule has 86 valence electrons. The highest BCUT2D eigenvalue weighted by Crippen LogP contribution is 2.31. The third kappa shape index (κ3) is 3.54. The van der Waals surface area contributed by atoms with E-state index in [2.05, 4.69) is 15.2 Å². The van der Waals surface area contributed by atoms with Crippen LogP contribution < -0.4 is 0 Å². The summed E-state index contributed by atoms with van der Waals surface area (Å²) in [5, 5.41) is 8.57. The van der Waals surface area contributed by atoms with E-state index in [0.717, 1.165) is 18.5 Å². The van der Waals surface area contributed by atoms with E-state index in [1.807, 2.05) is 13.0 Å². The number of aromatic nitrogens is 1. The first kappa shape index (κ1) is 11.5. The van der Waals surface area contributed by atoms with Crippen molar-refractivity contribution < 1.29 is 4.74 Å². The Kier molecular flexibility index (Phi) is 3.51. The third-order valence-corrected chi connectivity index (χ3v) is 2.64. The summed E-state index contributed by atoms with van der Waals surface area (Å²) in [5.41, 5.74) is 0.747. The highest BCUT2D eigenvalue weighted by Gasteiger charge is 2.32. The molecule has 0 atom stereocenters. The van der Waals surface area contributed by atoms with Crippen molar-refractivity contribution in [2.75, 3.05) is 6.61 Å². The Hall–Kier alpha value is -1.00. The second-order valence-corrected chi connectivity index (χ2v) is 4.47. The van der Waals surface area contributed by atoms with Crippen LogP contribution in [0.5, 0.6) is 0 Å². The minimum Gasteiger partial charge on any atom is -0.375 e. The molecule has 0 spiro atoms. The Morgan fingerprint density at radius 3 is 2.94 bits per heavy atom. The Morgan fingerprint density at radius 1 is 1.44 bits per heavy atom. The van der Waals surface area contributed by atoms with Gasteiger partial charge in [-0.15, -0.1) is 0 Å². The van der Waals surface area contributed by atoms with Gasteiger partial charge in [0.05, 0.1) is 12.3 Å². The van der Waals surface area contributed by atoms with Crippen LogP contribution in [0.1, 0.15) is 25.5 Å². The van der Waals surface area contributed by atoms with Gasteiger partial charge in [0.2, 0.25) is 0 Å². The van der Waals surface area contributed by atoms with Crippen molar-refractivity contribution >= 4 is 11.6 Å². The zero-order valence-corrected chi connectivity index (χ0v) is 9.94. The van der Waals surface area contributed by atoms with Crippen molar-refractivity contribution in [1.29, 1.82) is 0 Å². The summed E-state index contributed by atoms with van der Waals surface area (Å²) in [6.07, 6.45) is 3.60. The lowest BCUT2D eigenvalue weighted by atomic mass is 10.1. The minimum absolute atomic E-state index is 0.113. The van der Waals surface area contributed by atoms with Crippen LogP contribution in [0.4, 0.5) is 0 Å². The van der Waals surface area contributed by atoms with Gasteiger partial charge in [-0.3, -0.25) is 4.98 Å². The molecule has 16 heavy (non-hydrogen) atoms. The second kappa shape index (κ2) is 4.89. The van der Waals surface area contributed by atoms with Gasteiger partial charge in [0.25, 0.3) is 0 Å². The molecule has 4 nitrogen and oxygen atoms in total. The van der Waals surface area contributed by atoms with Crippen LogP contribution in [0.25, 0.3) is 0 Å². The molecule has 2 heterocycles. The van der Waals surface area contributed by atoms with Gasteiger partial charge < -0.3 is 4.74 Å². The van der Waals surface area contributed by atoms with Gasteiger partial charge >= 0.3 is 0 Å². The van der Waals surface area contributed by atoms with E-state index in [4.69, 9.17) is 16.3 Å². The molecule has 0 saturated heterocycles. The fourth-order valence-corrected chi connectivity index (χ4v) is 1.58. The lowest BCUT2D eigenvalue weighted by molar-refractivity contribution is 0.112. The molecule has 0 bridgehead atoms. The summed E-state index contributed by atoms with van der Waals surface area (Å²) in [6, 6.07) is 3.57. The van der Waals surface area contributed by atoms with E-state index in [9.17, 15) is 0 Å². The number of nitrogens with zero attached hydrogens (tertiary/aromatic N) is 3. The van der Waals surface area contributed by atoms with E-state index in [1.165, 1.54) is 0 Å². The molecule has 1 aliphatic rings. The molecule has 1 aliphatic heterocycles. The summed E-state index contributed by atoms with van der Waals surface area (Å²) >= 11 is 5.83. The normalized spacial score (nSPS) is 16.4. The monoisotopic (exact) mass is 239 g/mol. The first-order chi connectivity index (χ1) is 7.68. The van der Waals surface area contributed by atoms with Crippen molar-refractivity contribution in [3.63, 3.8) is 0 Å². The van der Waals surface area contributed by atoms with Crippen molar-refractivity contribution in [2.45, 2.75) is 32.0 Å². The topological polar surface area (TPSA) is 46.8 Å². The van der Waals surface area contributed by atoms with Crippen LogP contribution in [-0.2, 0) is 11.3 Å². The summed E-state index contributed by atoms with van der Waals surface area (Å²) in [5.74, 6) is 0. The Morgan fingerprint density at radius 2 is 2.25 bits per heavy atom. The predicted octanol–water partition coefficient (Wildman–Crippen LogP) is 3.21. The van der Waals surface area contributed by atoms with Crippen LogP contribution in [-0.4, -0.2) is 17.3 Å². The van der Waals surface area contributed by atoms with E-state index in [-0.39, 0.29) is 5.66 Å². The molecule has 0 amide bonds. The van der Waals surface area contributed by atoms with Gasteiger partial charge in [-0.1, -0.05) is 11.6 Å². The predicted molar refractivity (Wildman–Crippen MR) is 61.4 cm³/mol. The van der Waals surface area contributed by atoms with E-state index >= 15 is 0 Å². The molecular formula is C11H14ClN3O. The maximum atomic E-state index is 5.83. The molecule has 0 unspecified atom stereocenters. The van der Waals surface area contributed by atoms with Crippen molar-refractivity contribution in [3.8, 4) is 0 Å². The molecule has 0 aliphatic carbocycles. The van der Waals surface area contributed by atoms with Crippen LogP contribution in [0.3, 0.4) is 0 Å². The molecule has 0 radical (unpaired) electrons. The molecule has 2 rings (SSSR count). The number of hydrogen-bond acceptors (Lipinski definition) is 4. The van der Waals surface area contributed by atoms with Gasteiger partial charge in [-0.05, 0) is 31.9 Å². The summed E-state index contributed by atoms with van der Waals surface area (Å²) in [4.78, 5) is 4.15. The Balaban J connectivity index is 1.61. The Bertz CT molecular complexity index is 389. The maximum absolute atomic E-state index is 5.83. The zero-order valence-electron chi connectivity index (χ0n) is 9.19. The van der Waals surface area contributed by atoms with Crippen LogP contribution >= 0.6 is 11.6 Å². The van der Waals surface area contributed by atoms with E-state index < -0.39 is 0 Å². The summed E-state index contributed by atoms with van der Waals surface area (Å²) < 4.78 is 5.49. The van der Waals surface area contributed by atoms with Gasteiger partial charge in [0.1, 0.15) is 0 Å². The standard InChI is InChI=1S/C11H14ClN3O/c1-11(14-15-11)4-2-6-16-8-10-7-9(12)3-5-13-10/h3,5,7H,2,4,6,8H2,1H3. The smallest absolute Gasteiger partial charge is 0.188 e. The average Bonchev–Trinajstić information content (AvgIpc) is 2.96. The van der Waals surface area contributed by atoms with Gasteiger partial charge in [0.15, 0.2) is 5.66 Å². The highest BCUT2D eigenvalue weighted by atomic mass is 35.5. The molecule has 1 aromatic heterocycles. The first-order valence-corrected chi connectivity index (χ1v) is 5.68. The number of ether oxygens (including phenoxy) is 1. The van der Waals surface area contributed by atoms with Crippen LogP contribution in [0.2, 0.25) is 5.02 Å². The van der Waals surface area contributed by atoms with Gasteiger partial charge in [-0.2, -0.15) is 10.2 Å². The van der Waals surface area contributed by atoms with Gasteiger partial charge in [0, 0.05) is 17.8 Å². The average molecular weight is 240 g/mol. The first-order valence-electron chi connectivity index (χ1n) is 5.30. The van der Waals surface area contributed by atoms with E-state index in [0.29, 0.717) is 18.2 Å². The number of pyridine rings is 1. The molecule has 0 saturated carbocycles. The fraction of sp³-hybridized carbons (Fsp3) is 0.545. The van der Waals surface area contributed by atoms with Crippen LogP contribution in [0.15, 0.2) is 28.6 Å². The molecule has 0 N–H and O–H groups in total. The number of halogens is 1. The lowest BCUT2D eigenvalue weighted by Crippen LogP contribution is -2.06. The zero-order chi connectivity index (χ0) is 11.4. The maximum Gasteiger partial charge on any atom is 0.188 e. The van der Waals surface area contributed by atoms with Crippen molar-refractivity contribution in [1.82, 2.24) is 4.98 Å². The van der Waals surface area contributed by atoms with Crippen molar-refractivity contribution in [2.24, 2.45) is 10.2 Å². The summed E-state index contributed by atoms with van der Waals surface area (Å²) in [7, 11) is 0. The molecule has 5 heteroatoms. The van der Waals surface area contributed by atoms with Crippen molar-refractivity contribution in [3.05, 3.63) is 29.0 Å². The highest BCUT2D eigenvalue weighted by molar-refractivity contribution is 6.30. The fourth-order valence-electron chi connectivity index (χ4n) is 1.40. The molecular weight excluding hydrogens is 226 g/mol. The molecule has 1 aromatic rings. The number of rotatable bonds is 6. The second-order valence-electron chi connectivity index (χ2n) is 4.04.